The minimum Gasteiger partial charge on any atom is -0.480 e. The molecule has 5 unspecified atom stereocenters. The lowest BCUT2D eigenvalue weighted by atomic mass is 10.0. The van der Waals surface area contributed by atoms with Crippen molar-refractivity contribution in [3.8, 4) is 0 Å². The average Bonchev–Trinajstić information content (AvgIpc) is 2.66. The van der Waals surface area contributed by atoms with Crippen molar-refractivity contribution in [1.82, 2.24) is 16.0 Å². The SMILES string of the molecule is CC(C)CC(NC(=O)C(CCC(N)=O)NC(=O)C(N)C(C)O)C(=O)NC(CS)C(=O)O. The maximum atomic E-state index is 12.8. The number of aliphatic hydroxyl groups is 1. The standard InChI is InChI=1S/C18H33N5O7S/c1-8(2)6-11(16(27)23-12(7-31)18(29)30)22-15(26)10(4-5-13(19)25)21-17(28)14(20)9(3)24/h8-12,14,24,31H,4-7,20H2,1-3H3,(H2,19,25)(H,21,28)(H,22,26)(H,23,27)(H,29,30). The number of carbonyl (C=O) groups is 5. The van der Waals surface area contributed by atoms with Gasteiger partial charge in [0.05, 0.1) is 6.10 Å². The number of hydrogen-bond acceptors (Lipinski definition) is 8. The van der Waals surface area contributed by atoms with Gasteiger partial charge in [0.25, 0.3) is 0 Å². The summed E-state index contributed by atoms with van der Waals surface area (Å²) >= 11 is 3.88. The van der Waals surface area contributed by atoms with Gasteiger partial charge in [0.2, 0.25) is 23.6 Å². The molecular formula is C18H33N5O7S. The maximum absolute atomic E-state index is 12.8. The van der Waals surface area contributed by atoms with Crippen LogP contribution in [0.2, 0.25) is 0 Å². The zero-order valence-electron chi connectivity index (χ0n) is 17.8. The van der Waals surface area contributed by atoms with E-state index in [4.69, 9.17) is 16.6 Å². The fraction of sp³-hybridized carbons (Fsp3) is 0.722. The second-order valence-electron chi connectivity index (χ2n) is 7.61. The Labute approximate surface area is 186 Å². The van der Waals surface area contributed by atoms with Crippen molar-refractivity contribution in [2.45, 2.75) is 70.3 Å². The summed E-state index contributed by atoms with van der Waals surface area (Å²) in [4.78, 5) is 59.8. The average molecular weight is 464 g/mol. The van der Waals surface area contributed by atoms with E-state index < -0.39 is 59.9 Å². The molecule has 0 aromatic rings. The topological polar surface area (TPSA) is 214 Å². The summed E-state index contributed by atoms with van der Waals surface area (Å²) < 4.78 is 0. The van der Waals surface area contributed by atoms with Crippen LogP contribution in [-0.4, -0.2) is 75.8 Å². The molecule has 12 nitrogen and oxygen atoms in total. The second-order valence-corrected chi connectivity index (χ2v) is 7.97. The Morgan fingerprint density at radius 3 is 1.81 bits per heavy atom. The predicted molar refractivity (Wildman–Crippen MR) is 115 cm³/mol. The number of nitrogens with one attached hydrogen (secondary N) is 3. The summed E-state index contributed by atoms with van der Waals surface area (Å²) in [5, 5.41) is 25.7. The highest BCUT2D eigenvalue weighted by molar-refractivity contribution is 7.80. The Morgan fingerprint density at radius 2 is 1.39 bits per heavy atom. The lowest BCUT2D eigenvalue weighted by Gasteiger charge is -2.26. The molecule has 4 amide bonds. The molecule has 0 spiro atoms. The Balaban J connectivity index is 5.48. The predicted octanol–water partition coefficient (Wildman–Crippen LogP) is -2.53. The van der Waals surface area contributed by atoms with E-state index >= 15 is 0 Å². The van der Waals surface area contributed by atoms with Crippen LogP contribution in [0.15, 0.2) is 0 Å². The lowest BCUT2D eigenvalue weighted by molar-refractivity contribution is -0.141. The maximum Gasteiger partial charge on any atom is 0.327 e. The lowest BCUT2D eigenvalue weighted by Crippen LogP contribution is -2.58. The van der Waals surface area contributed by atoms with Crippen LogP contribution in [0, 0.1) is 5.92 Å². The zero-order valence-corrected chi connectivity index (χ0v) is 18.7. The van der Waals surface area contributed by atoms with Crippen LogP contribution in [0.3, 0.4) is 0 Å². The van der Waals surface area contributed by atoms with Crippen molar-refractivity contribution in [3.63, 3.8) is 0 Å². The number of amides is 4. The number of primary amides is 1. The first kappa shape index (κ1) is 28.6. The number of nitrogens with two attached hydrogens (primary N) is 2. The third kappa shape index (κ3) is 11.0. The van der Waals surface area contributed by atoms with Gasteiger partial charge in [0, 0.05) is 12.2 Å². The molecule has 0 bridgehead atoms. The first-order valence-electron chi connectivity index (χ1n) is 9.76. The quantitative estimate of drug-likeness (QED) is 0.128. The fourth-order valence-electron chi connectivity index (χ4n) is 2.48. The molecule has 9 N–H and O–H groups in total. The van der Waals surface area contributed by atoms with E-state index in [1.807, 2.05) is 0 Å². The van der Waals surface area contributed by atoms with Crippen LogP contribution in [-0.2, 0) is 24.0 Å². The molecular weight excluding hydrogens is 430 g/mol. The van der Waals surface area contributed by atoms with E-state index in [0.29, 0.717) is 0 Å². The van der Waals surface area contributed by atoms with Gasteiger partial charge in [-0.25, -0.2) is 4.79 Å². The van der Waals surface area contributed by atoms with Crippen LogP contribution in [0.25, 0.3) is 0 Å². The molecule has 0 aromatic carbocycles. The molecule has 31 heavy (non-hydrogen) atoms. The Morgan fingerprint density at radius 1 is 0.903 bits per heavy atom. The van der Waals surface area contributed by atoms with Crippen LogP contribution in [0.4, 0.5) is 0 Å². The van der Waals surface area contributed by atoms with Crippen molar-refractivity contribution < 1.29 is 34.2 Å². The van der Waals surface area contributed by atoms with Gasteiger partial charge in [-0.2, -0.15) is 12.6 Å². The fourth-order valence-corrected chi connectivity index (χ4v) is 2.72. The Bertz CT molecular complexity index is 659. The third-order valence-corrected chi connectivity index (χ3v) is 4.64. The van der Waals surface area contributed by atoms with Gasteiger partial charge < -0.3 is 37.6 Å². The van der Waals surface area contributed by atoms with Crippen molar-refractivity contribution in [2.75, 3.05) is 5.75 Å². The summed E-state index contributed by atoms with van der Waals surface area (Å²) in [6.45, 7) is 4.90. The van der Waals surface area contributed by atoms with Gasteiger partial charge in [-0.1, -0.05) is 13.8 Å². The van der Waals surface area contributed by atoms with Crippen molar-refractivity contribution >= 4 is 42.2 Å². The molecule has 13 heteroatoms. The third-order valence-electron chi connectivity index (χ3n) is 4.27. The number of aliphatic carboxylic acids is 1. The molecule has 0 aromatic heterocycles. The van der Waals surface area contributed by atoms with E-state index in [-0.39, 0.29) is 30.9 Å². The zero-order chi connectivity index (χ0) is 24.3. The van der Waals surface area contributed by atoms with E-state index in [2.05, 4.69) is 28.6 Å². The highest BCUT2D eigenvalue weighted by atomic mass is 32.1. The largest absolute Gasteiger partial charge is 0.480 e. The van der Waals surface area contributed by atoms with E-state index in [1.54, 1.807) is 13.8 Å². The van der Waals surface area contributed by atoms with Crippen molar-refractivity contribution in [1.29, 1.82) is 0 Å². The number of carbonyl (C=O) groups excluding carboxylic acids is 4. The van der Waals surface area contributed by atoms with Gasteiger partial charge in [-0.3, -0.25) is 19.2 Å². The van der Waals surface area contributed by atoms with Gasteiger partial charge in [-0.05, 0) is 25.7 Å². The molecule has 0 aliphatic heterocycles. The van der Waals surface area contributed by atoms with Crippen molar-refractivity contribution in [3.05, 3.63) is 0 Å². The van der Waals surface area contributed by atoms with Gasteiger partial charge in [0.1, 0.15) is 24.2 Å². The second kappa shape index (κ2) is 13.8. The van der Waals surface area contributed by atoms with E-state index in [1.165, 1.54) is 6.92 Å². The summed E-state index contributed by atoms with van der Waals surface area (Å²) in [6, 6.07) is -4.93. The number of thiol groups is 1. The number of carboxylic acid groups (broad SMARTS) is 1. The minimum absolute atomic E-state index is 0.0438. The molecule has 0 heterocycles. The first-order chi connectivity index (χ1) is 14.3. The normalized spacial score (nSPS) is 15.8. The van der Waals surface area contributed by atoms with E-state index in [0.717, 1.165) is 0 Å². The molecule has 178 valence electrons. The Hall–Kier alpha value is -2.38. The monoisotopic (exact) mass is 463 g/mol. The number of carboxylic acids is 1. The van der Waals surface area contributed by atoms with Crippen LogP contribution >= 0.6 is 12.6 Å². The van der Waals surface area contributed by atoms with Crippen LogP contribution in [0.5, 0.6) is 0 Å². The summed E-state index contributed by atoms with van der Waals surface area (Å²) in [5.41, 5.74) is 10.7. The number of rotatable bonds is 14. The summed E-state index contributed by atoms with van der Waals surface area (Å²) in [6.07, 6.45) is -1.40. The smallest absolute Gasteiger partial charge is 0.327 e. The molecule has 0 saturated carbocycles. The van der Waals surface area contributed by atoms with Crippen LogP contribution < -0.4 is 27.4 Å². The number of aliphatic hydroxyl groups excluding tert-OH is 1. The van der Waals surface area contributed by atoms with E-state index in [9.17, 15) is 29.1 Å². The number of hydrogen-bond donors (Lipinski definition) is 8. The van der Waals surface area contributed by atoms with Gasteiger partial charge in [-0.15, -0.1) is 0 Å². The van der Waals surface area contributed by atoms with Crippen molar-refractivity contribution in [2.24, 2.45) is 17.4 Å². The molecule has 0 aliphatic rings. The van der Waals surface area contributed by atoms with Gasteiger partial charge >= 0.3 is 5.97 Å². The summed E-state index contributed by atoms with van der Waals surface area (Å²) in [7, 11) is 0. The molecule has 0 radical (unpaired) electrons. The minimum atomic E-state index is -1.31. The molecule has 0 saturated heterocycles. The molecule has 0 fully saturated rings. The highest BCUT2D eigenvalue weighted by Gasteiger charge is 2.31. The highest BCUT2D eigenvalue weighted by Crippen LogP contribution is 2.08. The first-order valence-corrected chi connectivity index (χ1v) is 10.4. The summed E-state index contributed by atoms with van der Waals surface area (Å²) in [5.74, 6) is -4.53. The molecule has 0 aliphatic carbocycles. The Kier molecular flexibility index (Phi) is 12.8. The molecule has 0 rings (SSSR count). The molecule has 5 atom stereocenters. The van der Waals surface area contributed by atoms with Crippen LogP contribution in [0.1, 0.15) is 40.0 Å². The van der Waals surface area contributed by atoms with Gasteiger partial charge in [0.15, 0.2) is 0 Å².